The number of ether oxygens (including phenoxy) is 1. The van der Waals surface area contributed by atoms with E-state index in [-0.39, 0.29) is 42.0 Å². The average Bonchev–Trinajstić information content (AvgIpc) is 2.92. The highest BCUT2D eigenvalue weighted by molar-refractivity contribution is 6.07. The molecule has 0 bridgehead atoms. The Balaban J connectivity index is 1.75. The maximum Gasteiger partial charge on any atom is 0.433 e. The van der Waals surface area contributed by atoms with Crippen molar-refractivity contribution in [2.75, 3.05) is 12.3 Å². The molecule has 1 aromatic heterocycles. The Hall–Kier alpha value is -4.11. The number of phenolic OH excluding ortho intramolecular Hbond substituents is 1. The first-order chi connectivity index (χ1) is 19.5. The highest BCUT2D eigenvalue weighted by Gasteiger charge is 2.39. The molecule has 1 amide bonds. The third-order valence-corrected chi connectivity index (χ3v) is 7.51. The summed E-state index contributed by atoms with van der Waals surface area (Å²) in [4.78, 5) is 23.4. The zero-order valence-electron chi connectivity index (χ0n) is 22.9. The molecular formula is C29H33F3N6O3. The van der Waals surface area contributed by atoms with Crippen LogP contribution in [0.25, 0.3) is 0 Å². The number of halogens is 3. The molecule has 5 N–H and O–H groups in total. The number of piperidine rings is 1. The summed E-state index contributed by atoms with van der Waals surface area (Å²) in [6.45, 7) is 3.96. The van der Waals surface area contributed by atoms with Crippen LogP contribution >= 0.6 is 0 Å². The average molecular weight is 571 g/mol. The minimum atomic E-state index is -4.70. The van der Waals surface area contributed by atoms with Crippen LogP contribution in [-0.4, -0.2) is 51.4 Å². The summed E-state index contributed by atoms with van der Waals surface area (Å²) in [7, 11) is 0. The van der Waals surface area contributed by atoms with Crippen molar-refractivity contribution < 1.29 is 27.8 Å². The van der Waals surface area contributed by atoms with E-state index in [1.807, 2.05) is 13.8 Å². The monoisotopic (exact) mass is 570 g/mol. The van der Waals surface area contributed by atoms with Gasteiger partial charge in [-0.1, -0.05) is 26.0 Å². The Kier molecular flexibility index (Phi) is 8.87. The number of likely N-dealkylation sites (tertiary alicyclic amines) is 1. The van der Waals surface area contributed by atoms with Crippen LogP contribution in [0.15, 0.2) is 52.8 Å². The van der Waals surface area contributed by atoms with Crippen molar-refractivity contribution in [3.63, 3.8) is 0 Å². The Morgan fingerprint density at radius 1 is 1.32 bits per heavy atom. The maximum absolute atomic E-state index is 13.7. The molecule has 218 valence electrons. The number of aromatic nitrogens is 1. The molecule has 1 saturated carbocycles. The number of anilines is 1. The number of nitrogens with zero attached hydrogens (tertiary/aromatic N) is 4. The molecule has 12 heteroatoms. The van der Waals surface area contributed by atoms with E-state index in [4.69, 9.17) is 26.5 Å². The molecule has 1 aliphatic carbocycles. The zero-order chi connectivity index (χ0) is 29.9. The van der Waals surface area contributed by atoms with Crippen LogP contribution in [0.1, 0.15) is 62.0 Å². The first-order valence-corrected chi connectivity index (χ1v) is 13.5. The predicted molar refractivity (Wildman–Crippen MR) is 147 cm³/mol. The molecule has 0 spiro atoms. The lowest BCUT2D eigenvalue weighted by Crippen LogP contribution is -2.50. The quantitative estimate of drug-likeness (QED) is 0.419. The van der Waals surface area contributed by atoms with Crippen molar-refractivity contribution in [3.05, 3.63) is 59.1 Å². The van der Waals surface area contributed by atoms with Crippen LogP contribution in [0.2, 0.25) is 0 Å². The van der Waals surface area contributed by atoms with E-state index in [2.05, 4.69) is 11.1 Å². The lowest BCUT2D eigenvalue weighted by Gasteiger charge is -2.40. The number of carbonyl (C=O) groups is 1. The number of carbonyl (C=O) groups excluding carboxylic acids is 1. The molecule has 1 saturated heterocycles. The van der Waals surface area contributed by atoms with Gasteiger partial charge in [0.1, 0.15) is 17.1 Å². The number of benzene rings is 1. The lowest BCUT2D eigenvalue weighted by atomic mass is 9.83. The molecule has 0 radical (unpaired) electrons. The third-order valence-electron chi connectivity index (χ3n) is 7.51. The molecule has 2 unspecified atom stereocenters. The molecular weight excluding hydrogens is 537 g/mol. The van der Waals surface area contributed by atoms with Crippen molar-refractivity contribution in [1.82, 2.24) is 9.88 Å². The van der Waals surface area contributed by atoms with Gasteiger partial charge in [-0.2, -0.15) is 18.4 Å². The second kappa shape index (κ2) is 12.2. The van der Waals surface area contributed by atoms with E-state index < -0.39 is 29.9 Å². The van der Waals surface area contributed by atoms with Gasteiger partial charge in [-0.25, -0.2) is 4.99 Å². The molecule has 2 aliphatic rings. The van der Waals surface area contributed by atoms with Crippen LogP contribution in [0, 0.1) is 17.2 Å². The molecule has 2 atom stereocenters. The largest absolute Gasteiger partial charge is 0.506 e. The second-order valence-electron chi connectivity index (χ2n) is 10.2. The van der Waals surface area contributed by atoms with Gasteiger partial charge in [0, 0.05) is 36.1 Å². The minimum absolute atomic E-state index is 0.0200. The third kappa shape index (κ3) is 6.30. The fourth-order valence-electron chi connectivity index (χ4n) is 5.25. The standard InChI is InChI=1S/C29H33F3N6O3/c1-3-22-26(27(35)24(4-2)41-17-11-16(12-17)14-33)21(37-20-7-5-6-8-23(20)39)9-10-38(22)28(40)18-15-36-25(13-19(18)34)29(30,31)32/h5-8,13,15-17,22,24,39H,3-4,9-12,35H2,1-2H3,(H2,34,36)/b27-26+,37-21?. The number of nitrogen functional groups attached to an aromatic ring is 1. The number of hydrogen-bond donors (Lipinski definition) is 3. The summed E-state index contributed by atoms with van der Waals surface area (Å²) < 4.78 is 45.7. The van der Waals surface area contributed by atoms with Gasteiger partial charge >= 0.3 is 6.18 Å². The first kappa shape index (κ1) is 29.9. The summed E-state index contributed by atoms with van der Waals surface area (Å²) in [6, 6.07) is 8.88. The van der Waals surface area contributed by atoms with Crippen LogP contribution in [0.4, 0.5) is 24.5 Å². The lowest BCUT2D eigenvalue weighted by molar-refractivity contribution is -0.141. The summed E-state index contributed by atoms with van der Waals surface area (Å²) in [5.41, 5.74) is 12.9. The van der Waals surface area contributed by atoms with Crippen LogP contribution < -0.4 is 11.5 Å². The maximum atomic E-state index is 13.7. The van der Waals surface area contributed by atoms with Crippen LogP contribution in [-0.2, 0) is 10.9 Å². The number of hydrogen-bond acceptors (Lipinski definition) is 8. The predicted octanol–water partition coefficient (Wildman–Crippen LogP) is 5.10. The Bertz CT molecular complexity index is 1390. The van der Waals surface area contributed by atoms with Crippen molar-refractivity contribution in [3.8, 4) is 11.8 Å². The summed E-state index contributed by atoms with van der Waals surface area (Å²) in [6.07, 6.45) is -2.09. The number of para-hydroxylation sites is 2. The highest BCUT2D eigenvalue weighted by Crippen LogP contribution is 2.36. The van der Waals surface area contributed by atoms with Gasteiger partial charge in [0.15, 0.2) is 0 Å². The topological polar surface area (TPSA) is 151 Å². The van der Waals surface area contributed by atoms with Gasteiger partial charge in [-0.05, 0) is 43.9 Å². The number of pyridine rings is 1. The van der Waals surface area contributed by atoms with Crippen molar-refractivity contribution in [1.29, 1.82) is 5.26 Å². The molecule has 1 aliphatic heterocycles. The van der Waals surface area contributed by atoms with Gasteiger partial charge in [-0.15, -0.1) is 0 Å². The minimum Gasteiger partial charge on any atom is -0.506 e. The van der Waals surface area contributed by atoms with E-state index in [0.29, 0.717) is 54.4 Å². The molecule has 41 heavy (non-hydrogen) atoms. The van der Waals surface area contributed by atoms with Gasteiger partial charge in [-0.3, -0.25) is 9.78 Å². The number of phenols is 1. The molecule has 2 aromatic rings. The molecule has 9 nitrogen and oxygen atoms in total. The van der Waals surface area contributed by atoms with E-state index in [1.54, 1.807) is 18.2 Å². The first-order valence-electron chi connectivity index (χ1n) is 13.5. The molecule has 2 heterocycles. The summed E-state index contributed by atoms with van der Waals surface area (Å²) >= 11 is 0. The zero-order valence-corrected chi connectivity index (χ0v) is 22.9. The number of amides is 1. The number of nitriles is 1. The van der Waals surface area contributed by atoms with E-state index in [9.17, 15) is 23.1 Å². The van der Waals surface area contributed by atoms with Crippen molar-refractivity contribution in [2.24, 2.45) is 16.6 Å². The summed E-state index contributed by atoms with van der Waals surface area (Å²) in [5, 5.41) is 19.5. The Morgan fingerprint density at radius 2 is 2.02 bits per heavy atom. The van der Waals surface area contributed by atoms with Gasteiger partial charge in [0.05, 0.1) is 41.5 Å². The van der Waals surface area contributed by atoms with Crippen LogP contribution in [0.3, 0.4) is 0 Å². The molecule has 4 rings (SSSR count). The van der Waals surface area contributed by atoms with E-state index in [1.165, 1.54) is 11.0 Å². The molecule has 2 fully saturated rings. The Morgan fingerprint density at radius 3 is 2.61 bits per heavy atom. The number of nitrogens with two attached hydrogens (primary N) is 2. The fourth-order valence-corrected chi connectivity index (χ4v) is 5.25. The normalized spacial score (nSPS) is 24.0. The summed E-state index contributed by atoms with van der Waals surface area (Å²) in [5.74, 6) is -0.653. The SMILES string of the molecule is CCC(OC1CC(C#N)C1)/C(N)=C1/C(=Nc2ccccc2O)CCN(C(=O)c2cnc(C(F)(F)F)cc2N)C1CC. The smallest absolute Gasteiger partial charge is 0.433 e. The number of aliphatic imine (C=N–C) groups is 1. The van der Waals surface area contributed by atoms with E-state index >= 15 is 0 Å². The highest BCUT2D eigenvalue weighted by atomic mass is 19.4. The fraction of sp³-hybridized carbons (Fsp3) is 0.448. The van der Waals surface area contributed by atoms with Crippen molar-refractivity contribution in [2.45, 2.75) is 70.4 Å². The Labute approximate surface area is 236 Å². The van der Waals surface area contributed by atoms with Gasteiger partial charge < -0.3 is 26.2 Å². The van der Waals surface area contributed by atoms with E-state index in [0.717, 1.165) is 6.20 Å². The van der Waals surface area contributed by atoms with Gasteiger partial charge in [0.25, 0.3) is 5.91 Å². The number of aromatic hydroxyl groups is 1. The second-order valence-corrected chi connectivity index (χ2v) is 10.2. The molecule has 1 aromatic carbocycles. The van der Waals surface area contributed by atoms with Crippen molar-refractivity contribution >= 4 is 23.0 Å². The number of alkyl halides is 3. The van der Waals surface area contributed by atoms with Gasteiger partial charge in [0.2, 0.25) is 0 Å². The number of rotatable bonds is 7. The van der Waals surface area contributed by atoms with Crippen LogP contribution in [0.5, 0.6) is 5.75 Å².